The Hall–Kier alpha value is -1.98. The van der Waals surface area contributed by atoms with E-state index in [0.29, 0.717) is 26.2 Å². The van der Waals surface area contributed by atoms with Crippen LogP contribution in [0.1, 0.15) is 32.3 Å². The van der Waals surface area contributed by atoms with E-state index in [2.05, 4.69) is 13.8 Å². The van der Waals surface area contributed by atoms with Crippen molar-refractivity contribution in [1.82, 2.24) is 9.80 Å². The molecule has 4 nitrogen and oxygen atoms in total. The number of carbonyl (C=O) groups is 2. The number of amides is 2. The number of nitrogens with zero attached hydrogens (tertiary/aromatic N) is 2. The third kappa shape index (κ3) is 3.46. The van der Waals surface area contributed by atoms with Gasteiger partial charge in [0.2, 0.25) is 11.8 Å². The first-order chi connectivity index (χ1) is 12.7. The Morgan fingerprint density at radius 3 is 2.04 bits per heavy atom. The number of rotatable bonds is 3. The second kappa shape index (κ2) is 6.57. The summed E-state index contributed by atoms with van der Waals surface area (Å²) in [5.41, 5.74) is 0.116. The number of hydrogen-bond acceptors (Lipinski definition) is 2. The standard InChI is InChI=1S/C21H26F2N2O2/c1-21(2)7-13(8-21)20(27)25-11-14-9-24(10-15(14)12-25)19(26)6-16-17(22)4-3-5-18(16)23/h3-5,13-15H,6-12H2,1-2H3. The summed E-state index contributed by atoms with van der Waals surface area (Å²) in [7, 11) is 0. The van der Waals surface area contributed by atoms with Gasteiger partial charge in [-0.3, -0.25) is 9.59 Å². The number of hydrogen-bond donors (Lipinski definition) is 0. The van der Waals surface area contributed by atoms with Crippen molar-refractivity contribution in [1.29, 1.82) is 0 Å². The highest BCUT2D eigenvalue weighted by molar-refractivity contribution is 5.81. The second-order valence-electron chi connectivity index (χ2n) is 9.21. The molecule has 1 aliphatic carbocycles. The molecule has 2 heterocycles. The summed E-state index contributed by atoms with van der Waals surface area (Å²) < 4.78 is 27.6. The maximum absolute atomic E-state index is 13.8. The molecule has 0 aromatic heterocycles. The van der Waals surface area contributed by atoms with E-state index in [1.165, 1.54) is 18.2 Å². The summed E-state index contributed by atoms with van der Waals surface area (Å²) in [6.07, 6.45) is 1.66. The average molecular weight is 376 g/mol. The summed E-state index contributed by atoms with van der Waals surface area (Å²) in [4.78, 5) is 28.8. The Bertz CT molecular complexity index is 737. The summed E-state index contributed by atoms with van der Waals surface area (Å²) >= 11 is 0. The number of carbonyl (C=O) groups excluding carboxylic acids is 2. The van der Waals surface area contributed by atoms with Crippen LogP contribution in [0.5, 0.6) is 0 Å². The molecule has 2 unspecified atom stereocenters. The minimum absolute atomic E-state index is 0.153. The summed E-state index contributed by atoms with van der Waals surface area (Å²) in [5.74, 6) is -0.638. The molecule has 0 bridgehead atoms. The molecule has 2 aliphatic heterocycles. The van der Waals surface area contributed by atoms with Crippen LogP contribution in [0, 0.1) is 34.8 Å². The molecule has 6 heteroatoms. The number of likely N-dealkylation sites (tertiary alicyclic amines) is 2. The van der Waals surface area contributed by atoms with Gasteiger partial charge in [0.05, 0.1) is 6.42 Å². The maximum atomic E-state index is 13.8. The molecule has 2 amide bonds. The topological polar surface area (TPSA) is 40.6 Å². The van der Waals surface area contributed by atoms with Crippen LogP contribution in [0.25, 0.3) is 0 Å². The third-order valence-electron chi connectivity index (χ3n) is 6.49. The lowest BCUT2D eigenvalue weighted by Crippen LogP contribution is -2.45. The maximum Gasteiger partial charge on any atom is 0.227 e. The molecule has 3 aliphatic rings. The first-order valence-electron chi connectivity index (χ1n) is 9.73. The molecule has 2 atom stereocenters. The van der Waals surface area contributed by atoms with E-state index in [4.69, 9.17) is 0 Å². The van der Waals surface area contributed by atoms with Crippen molar-refractivity contribution in [3.63, 3.8) is 0 Å². The molecule has 2 saturated heterocycles. The predicted octanol–water partition coefficient (Wildman–Crippen LogP) is 2.86. The number of benzene rings is 1. The van der Waals surface area contributed by atoms with Gasteiger partial charge in [-0.2, -0.15) is 0 Å². The fourth-order valence-electron chi connectivity index (χ4n) is 5.05. The zero-order valence-corrected chi connectivity index (χ0v) is 15.9. The van der Waals surface area contributed by atoms with Gasteiger partial charge >= 0.3 is 0 Å². The summed E-state index contributed by atoms with van der Waals surface area (Å²) in [6, 6.07) is 3.65. The molecule has 0 N–H and O–H groups in total. The van der Waals surface area contributed by atoms with E-state index in [1.807, 2.05) is 4.90 Å². The first-order valence-corrected chi connectivity index (χ1v) is 9.73. The zero-order chi connectivity index (χ0) is 19.3. The van der Waals surface area contributed by atoms with Crippen LogP contribution in [0.2, 0.25) is 0 Å². The fraction of sp³-hybridized carbons (Fsp3) is 0.619. The van der Waals surface area contributed by atoms with E-state index in [0.717, 1.165) is 12.8 Å². The Labute approximate surface area is 158 Å². The van der Waals surface area contributed by atoms with Gasteiger partial charge in [0.25, 0.3) is 0 Å². The molecule has 4 rings (SSSR count). The summed E-state index contributed by atoms with van der Waals surface area (Å²) in [5, 5.41) is 0. The highest BCUT2D eigenvalue weighted by Crippen LogP contribution is 2.46. The molecule has 0 spiro atoms. The van der Waals surface area contributed by atoms with Crippen LogP contribution < -0.4 is 0 Å². The second-order valence-corrected chi connectivity index (χ2v) is 9.21. The molecular formula is C21H26F2N2O2. The van der Waals surface area contributed by atoms with Gasteiger partial charge < -0.3 is 9.80 Å². The van der Waals surface area contributed by atoms with Crippen LogP contribution in [-0.4, -0.2) is 47.8 Å². The summed E-state index contributed by atoms with van der Waals surface area (Å²) in [6.45, 7) is 6.91. The number of fused-ring (bicyclic) bond motifs is 1. The lowest BCUT2D eigenvalue weighted by molar-refractivity contribution is -0.141. The Kier molecular flexibility index (Phi) is 4.47. The van der Waals surface area contributed by atoms with E-state index >= 15 is 0 Å². The predicted molar refractivity (Wildman–Crippen MR) is 96.7 cm³/mol. The van der Waals surface area contributed by atoms with E-state index in [9.17, 15) is 18.4 Å². The molecule has 1 aromatic rings. The quantitative estimate of drug-likeness (QED) is 0.814. The fourth-order valence-corrected chi connectivity index (χ4v) is 5.05. The Balaban J connectivity index is 1.32. The van der Waals surface area contributed by atoms with Crippen LogP contribution in [0.3, 0.4) is 0 Å². The van der Waals surface area contributed by atoms with Gasteiger partial charge in [-0.25, -0.2) is 8.78 Å². The minimum atomic E-state index is -0.678. The van der Waals surface area contributed by atoms with Crippen molar-refractivity contribution < 1.29 is 18.4 Å². The van der Waals surface area contributed by atoms with Crippen molar-refractivity contribution in [3.05, 3.63) is 35.4 Å². The van der Waals surface area contributed by atoms with Crippen LogP contribution in [0.15, 0.2) is 18.2 Å². The van der Waals surface area contributed by atoms with Gasteiger partial charge in [-0.05, 0) is 30.4 Å². The zero-order valence-electron chi connectivity index (χ0n) is 15.9. The van der Waals surface area contributed by atoms with Gasteiger partial charge in [0, 0.05) is 49.5 Å². The van der Waals surface area contributed by atoms with E-state index < -0.39 is 11.6 Å². The molecule has 3 fully saturated rings. The van der Waals surface area contributed by atoms with Crippen LogP contribution in [-0.2, 0) is 16.0 Å². The van der Waals surface area contributed by atoms with E-state index in [-0.39, 0.29) is 47.0 Å². The molecule has 1 saturated carbocycles. The van der Waals surface area contributed by atoms with Crippen molar-refractivity contribution >= 4 is 11.8 Å². The van der Waals surface area contributed by atoms with Gasteiger partial charge in [-0.15, -0.1) is 0 Å². The molecule has 27 heavy (non-hydrogen) atoms. The first kappa shape index (κ1) is 18.4. The highest BCUT2D eigenvalue weighted by Gasteiger charge is 2.47. The molecule has 0 radical (unpaired) electrons. The molecule has 1 aromatic carbocycles. The minimum Gasteiger partial charge on any atom is -0.342 e. The van der Waals surface area contributed by atoms with Gasteiger partial charge in [0.15, 0.2) is 0 Å². The van der Waals surface area contributed by atoms with Crippen molar-refractivity contribution in [2.75, 3.05) is 26.2 Å². The van der Waals surface area contributed by atoms with Crippen molar-refractivity contribution in [3.8, 4) is 0 Å². The van der Waals surface area contributed by atoms with E-state index in [1.54, 1.807) is 4.90 Å². The highest BCUT2D eigenvalue weighted by atomic mass is 19.1. The Morgan fingerprint density at radius 2 is 1.52 bits per heavy atom. The third-order valence-corrected chi connectivity index (χ3v) is 6.49. The largest absolute Gasteiger partial charge is 0.342 e. The normalized spacial score (nSPS) is 26.8. The van der Waals surface area contributed by atoms with Gasteiger partial charge in [-0.1, -0.05) is 19.9 Å². The van der Waals surface area contributed by atoms with Crippen LogP contribution >= 0.6 is 0 Å². The van der Waals surface area contributed by atoms with Gasteiger partial charge in [0.1, 0.15) is 11.6 Å². The number of halogens is 2. The monoisotopic (exact) mass is 376 g/mol. The van der Waals surface area contributed by atoms with Crippen molar-refractivity contribution in [2.45, 2.75) is 33.1 Å². The lowest BCUT2D eigenvalue weighted by Gasteiger charge is -2.43. The lowest BCUT2D eigenvalue weighted by atomic mass is 9.64. The smallest absolute Gasteiger partial charge is 0.227 e. The average Bonchev–Trinajstić information content (AvgIpc) is 3.14. The molecular weight excluding hydrogens is 350 g/mol. The SMILES string of the molecule is CC1(C)CC(C(=O)N2CC3CN(C(=O)Cc4c(F)cccc4F)CC3C2)C1. The van der Waals surface area contributed by atoms with Crippen molar-refractivity contribution in [2.24, 2.45) is 23.2 Å². The Morgan fingerprint density at radius 1 is 1.00 bits per heavy atom. The molecule has 146 valence electrons. The van der Waals surface area contributed by atoms with Crippen LogP contribution in [0.4, 0.5) is 8.78 Å².